The van der Waals surface area contributed by atoms with E-state index in [2.05, 4.69) is 116 Å². The maximum absolute atomic E-state index is 12.2. The molecule has 5 aromatic rings. The maximum Gasteiger partial charge on any atom is 0.330 e. The number of rotatable bonds is 9. The molecule has 2 saturated heterocycles. The van der Waals surface area contributed by atoms with Crippen molar-refractivity contribution in [1.29, 1.82) is 0 Å². The zero-order valence-electron chi connectivity index (χ0n) is 33.2. The van der Waals surface area contributed by atoms with Crippen LogP contribution in [0.25, 0.3) is 28.0 Å². The van der Waals surface area contributed by atoms with Crippen molar-refractivity contribution in [3.8, 4) is 22.6 Å². The summed E-state index contributed by atoms with van der Waals surface area (Å²) in [5.41, 5.74) is 8.98. The van der Waals surface area contributed by atoms with Crippen LogP contribution in [0.5, 0.6) is 11.5 Å². The van der Waals surface area contributed by atoms with Crippen molar-refractivity contribution in [2.45, 2.75) is 50.5 Å². The highest BCUT2D eigenvalue weighted by Gasteiger charge is 2.44. The molecule has 0 spiro atoms. The molecule has 9 rings (SSSR count). The third-order valence-electron chi connectivity index (χ3n) is 12.7. The van der Waals surface area contributed by atoms with Crippen molar-refractivity contribution in [3.63, 3.8) is 0 Å². The Morgan fingerprint density at radius 2 is 1.62 bits per heavy atom. The van der Waals surface area contributed by atoms with Crippen LogP contribution >= 0.6 is 0 Å². The lowest BCUT2D eigenvalue weighted by Crippen LogP contribution is -2.37. The van der Waals surface area contributed by atoms with Crippen LogP contribution < -0.4 is 19.3 Å². The molecule has 1 aliphatic carbocycles. The number of fused-ring (bicyclic) bond motifs is 8. The Kier molecular flexibility index (Phi) is 9.51. The molecule has 3 heterocycles. The second kappa shape index (κ2) is 14.7. The Balaban J connectivity index is 1.25. The van der Waals surface area contributed by atoms with Crippen LogP contribution in [0.15, 0.2) is 109 Å². The van der Waals surface area contributed by atoms with E-state index in [1.165, 1.54) is 17.2 Å². The summed E-state index contributed by atoms with van der Waals surface area (Å²) in [6.07, 6.45) is 7.45. The van der Waals surface area contributed by atoms with Gasteiger partial charge < -0.3 is 34.2 Å². The first-order chi connectivity index (χ1) is 28.1. The molecule has 0 bridgehead atoms. The summed E-state index contributed by atoms with van der Waals surface area (Å²) >= 11 is 0. The molecule has 2 N–H and O–H groups in total. The minimum absolute atomic E-state index is 0.0493. The van der Waals surface area contributed by atoms with Crippen LogP contribution in [0.2, 0.25) is 0 Å². The zero-order valence-corrected chi connectivity index (χ0v) is 33.2. The van der Waals surface area contributed by atoms with Crippen LogP contribution in [-0.2, 0) is 25.3 Å². The predicted molar refractivity (Wildman–Crippen MR) is 227 cm³/mol. The van der Waals surface area contributed by atoms with Gasteiger partial charge in [-0.2, -0.15) is 0 Å². The number of anilines is 2. The number of ether oxygens (including phenoxy) is 3. The molecule has 2 unspecified atom stereocenters. The summed E-state index contributed by atoms with van der Waals surface area (Å²) in [7, 11) is 1.65. The summed E-state index contributed by atoms with van der Waals surface area (Å²) in [5.74, 6) is -0.473. The van der Waals surface area contributed by atoms with Crippen molar-refractivity contribution in [2.75, 3.05) is 49.8 Å². The first kappa shape index (κ1) is 37.5. The van der Waals surface area contributed by atoms with E-state index in [9.17, 15) is 19.8 Å². The third kappa shape index (κ3) is 6.29. The second-order valence-electron chi connectivity index (χ2n) is 16.3. The first-order valence-corrected chi connectivity index (χ1v) is 20.2. The molecule has 5 aromatic carbocycles. The number of carboxylic acids is 2. The van der Waals surface area contributed by atoms with Crippen LogP contribution in [0.1, 0.15) is 67.3 Å². The Morgan fingerprint density at radius 1 is 0.897 bits per heavy atom. The normalized spacial score (nSPS) is 21.3. The van der Waals surface area contributed by atoms with Gasteiger partial charge >= 0.3 is 11.9 Å². The lowest BCUT2D eigenvalue weighted by Gasteiger charge is -2.39. The summed E-state index contributed by atoms with van der Waals surface area (Å²) < 4.78 is 19.4. The molecule has 2 fully saturated rings. The van der Waals surface area contributed by atoms with Gasteiger partial charge in [-0.1, -0.05) is 86.7 Å². The standard InChI is InChI=1S/C49H48N2O7/c1-48(2)40-12-8-7-11-36(40)45-38-29-41(51-22-20-31(13-18-43(52)53)27-35(51)28-44(54)55)42(56-3)30-39(38)47-37(46(45)48)19-21-49(58-47,32-9-5-4-6-10-32)33-14-16-34(17-15-33)50-23-25-57-26-24-50/h4-12,14-17,19,21,28-31H,13,18,20,22-27H2,1-3H3,(H,52,53)(H,54,55). The highest BCUT2D eigenvalue weighted by Crippen LogP contribution is 2.59. The van der Waals surface area contributed by atoms with E-state index in [4.69, 9.17) is 14.2 Å². The molecule has 0 amide bonds. The number of piperidine rings is 1. The number of nitrogens with zero attached hydrogens (tertiary/aromatic N) is 2. The van der Waals surface area contributed by atoms with Crippen LogP contribution in [-0.4, -0.2) is 62.1 Å². The van der Waals surface area contributed by atoms with Gasteiger partial charge in [0.25, 0.3) is 0 Å². The number of carbonyl (C=O) groups is 2. The smallest absolute Gasteiger partial charge is 0.330 e. The quantitative estimate of drug-likeness (QED) is 0.142. The number of hydrogen-bond acceptors (Lipinski definition) is 7. The Bertz CT molecular complexity index is 2480. The average Bonchev–Trinajstić information content (AvgIpc) is 3.49. The molecular weight excluding hydrogens is 729 g/mol. The number of methoxy groups -OCH3 is 1. The molecule has 9 heteroatoms. The Hall–Kier alpha value is -6.06. The highest BCUT2D eigenvalue weighted by molar-refractivity contribution is 6.10. The predicted octanol–water partition coefficient (Wildman–Crippen LogP) is 9.39. The molecule has 3 aliphatic heterocycles. The van der Waals surface area contributed by atoms with E-state index in [1.54, 1.807) is 7.11 Å². The first-order valence-electron chi connectivity index (χ1n) is 20.2. The number of aliphatic carboxylic acids is 2. The van der Waals surface area contributed by atoms with Gasteiger partial charge in [-0.3, -0.25) is 4.79 Å². The number of carboxylic acid groups (broad SMARTS) is 2. The zero-order chi connectivity index (χ0) is 40.2. The van der Waals surface area contributed by atoms with E-state index in [-0.39, 0.29) is 17.8 Å². The highest BCUT2D eigenvalue weighted by atomic mass is 16.5. The van der Waals surface area contributed by atoms with Gasteiger partial charge in [0, 0.05) is 71.0 Å². The fourth-order valence-electron chi connectivity index (χ4n) is 9.84. The summed E-state index contributed by atoms with van der Waals surface area (Å²) in [6, 6.07) is 31.9. The fourth-order valence-corrected chi connectivity index (χ4v) is 9.84. The van der Waals surface area contributed by atoms with Crippen molar-refractivity contribution >= 4 is 40.2 Å². The lowest BCUT2D eigenvalue weighted by molar-refractivity contribution is -0.137. The van der Waals surface area contributed by atoms with Gasteiger partial charge in [-0.05, 0) is 83.2 Å². The molecule has 296 valence electrons. The lowest BCUT2D eigenvalue weighted by atomic mass is 9.76. The van der Waals surface area contributed by atoms with Gasteiger partial charge in [0.05, 0.1) is 26.0 Å². The topological polar surface area (TPSA) is 109 Å². The van der Waals surface area contributed by atoms with E-state index in [0.717, 1.165) is 75.2 Å². The molecule has 9 nitrogen and oxygen atoms in total. The average molecular weight is 777 g/mol. The van der Waals surface area contributed by atoms with Crippen LogP contribution in [0.3, 0.4) is 0 Å². The summed E-state index contributed by atoms with van der Waals surface area (Å²) in [5, 5.41) is 21.3. The molecule has 2 atom stereocenters. The number of benzene rings is 5. The molecule has 0 saturated carbocycles. The largest absolute Gasteiger partial charge is 0.495 e. The molecule has 0 radical (unpaired) electrons. The van der Waals surface area contributed by atoms with Crippen molar-refractivity contribution in [1.82, 2.24) is 0 Å². The summed E-state index contributed by atoms with van der Waals surface area (Å²) in [4.78, 5) is 28.1. The molecular formula is C49H48N2O7. The van der Waals surface area contributed by atoms with Gasteiger partial charge in [0.15, 0.2) is 5.60 Å². The van der Waals surface area contributed by atoms with Crippen molar-refractivity contribution in [3.05, 3.63) is 137 Å². The van der Waals surface area contributed by atoms with E-state index in [0.29, 0.717) is 44.0 Å². The minimum Gasteiger partial charge on any atom is -0.495 e. The van der Waals surface area contributed by atoms with Gasteiger partial charge in [0.2, 0.25) is 0 Å². The molecule has 4 aliphatic rings. The second-order valence-corrected chi connectivity index (χ2v) is 16.3. The van der Waals surface area contributed by atoms with Crippen LogP contribution in [0, 0.1) is 5.92 Å². The monoisotopic (exact) mass is 776 g/mol. The van der Waals surface area contributed by atoms with E-state index < -0.39 is 17.5 Å². The minimum atomic E-state index is -1.04. The number of morpholine rings is 1. The number of allylic oxidation sites excluding steroid dienone is 1. The van der Waals surface area contributed by atoms with Gasteiger partial charge in [0.1, 0.15) is 11.5 Å². The van der Waals surface area contributed by atoms with Crippen LogP contribution in [0.4, 0.5) is 11.4 Å². The third-order valence-corrected chi connectivity index (χ3v) is 12.7. The maximum atomic E-state index is 12.2. The van der Waals surface area contributed by atoms with Gasteiger partial charge in [-0.15, -0.1) is 0 Å². The summed E-state index contributed by atoms with van der Waals surface area (Å²) in [6.45, 7) is 8.21. The van der Waals surface area contributed by atoms with E-state index in [1.807, 2.05) is 11.0 Å². The Labute approximate surface area is 338 Å². The Morgan fingerprint density at radius 3 is 2.34 bits per heavy atom. The fraction of sp³-hybridized carbons (Fsp3) is 0.306. The number of hydrogen-bond donors (Lipinski definition) is 2. The van der Waals surface area contributed by atoms with Gasteiger partial charge in [-0.25, -0.2) is 4.79 Å². The van der Waals surface area contributed by atoms with Crippen molar-refractivity contribution < 1.29 is 34.0 Å². The SMILES string of the molecule is COc1cc2c3c(c4c(c2cc1N1CCC(CCC(=O)O)CC1=CC(=O)O)-c1ccccc1C4(C)C)C=CC(c1ccccc1)(c1ccc(N2CCOCC2)cc1)O3. The molecule has 58 heavy (non-hydrogen) atoms. The van der Waals surface area contributed by atoms with E-state index >= 15 is 0 Å². The molecule has 0 aromatic heterocycles. The van der Waals surface area contributed by atoms with Crippen molar-refractivity contribution in [2.24, 2.45) is 5.92 Å².